The van der Waals surface area contributed by atoms with Gasteiger partial charge in [-0.15, -0.1) is 0 Å². The van der Waals surface area contributed by atoms with Crippen LogP contribution in [0.3, 0.4) is 0 Å². The summed E-state index contributed by atoms with van der Waals surface area (Å²) in [6, 6.07) is 0.0128. The lowest BCUT2D eigenvalue weighted by Crippen LogP contribution is -2.34. The van der Waals surface area contributed by atoms with E-state index < -0.39 is 10.1 Å². The monoisotopic (exact) mass is 257 g/mol. The highest BCUT2D eigenvalue weighted by Crippen LogP contribution is 2.00. The molecule has 0 spiro atoms. The summed E-state index contributed by atoms with van der Waals surface area (Å²) >= 11 is 1.70. The molecule has 0 aromatic rings. The van der Waals surface area contributed by atoms with Crippen molar-refractivity contribution in [3.8, 4) is 0 Å². The molecule has 7 heteroatoms. The predicted octanol–water partition coefficient (Wildman–Crippen LogP) is -0.0321. The highest BCUT2D eigenvalue weighted by molar-refractivity contribution is 7.98. The molecule has 0 saturated heterocycles. The van der Waals surface area contributed by atoms with Crippen molar-refractivity contribution in [1.82, 2.24) is 5.32 Å². The van der Waals surface area contributed by atoms with Crippen LogP contribution < -0.4 is 5.32 Å². The molecule has 0 unspecified atom stereocenters. The van der Waals surface area contributed by atoms with Crippen LogP contribution in [0.4, 0.5) is 0 Å². The lowest BCUT2D eigenvalue weighted by Gasteiger charge is -2.15. The van der Waals surface area contributed by atoms with Crippen molar-refractivity contribution in [3.05, 3.63) is 0 Å². The first-order valence-corrected chi connectivity index (χ1v) is 7.78. The zero-order chi connectivity index (χ0) is 11.7. The van der Waals surface area contributed by atoms with E-state index in [1.54, 1.807) is 11.8 Å². The minimum atomic E-state index is -3.85. The molecule has 0 aromatic heterocycles. The van der Waals surface area contributed by atoms with Crippen LogP contribution in [0.5, 0.6) is 0 Å². The first kappa shape index (κ1) is 15.2. The highest BCUT2D eigenvalue weighted by Gasteiger charge is 2.07. The standard InChI is InChI=1S/C8H19NO4S2/c1-14-5-3-8(7-10)9-4-2-6-15(11,12)13/h8-10H,2-7H2,1H3,(H,11,12,13)/t8-/m1/s1. The van der Waals surface area contributed by atoms with E-state index in [1.165, 1.54) is 0 Å². The fraction of sp³-hybridized carbons (Fsp3) is 1.00. The van der Waals surface area contributed by atoms with E-state index in [-0.39, 0.29) is 18.4 Å². The Labute approximate surface area is 95.4 Å². The predicted molar refractivity (Wildman–Crippen MR) is 62.9 cm³/mol. The molecule has 0 rings (SSSR count). The summed E-state index contributed by atoms with van der Waals surface area (Å²) in [7, 11) is -3.85. The molecule has 3 N–H and O–H groups in total. The van der Waals surface area contributed by atoms with Gasteiger partial charge in [-0.2, -0.15) is 20.2 Å². The molecule has 0 aliphatic rings. The van der Waals surface area contributed by atoms with Gasteiger partial charge in [0.05, 0.1) is 12.4 Å². The average Bonchev–Trinajstić information content (AvgIpc) is 2.15. The maximum atomic E-state index is 10.4. The van der Waals surface area contributed by atoms with Crippen molar-refractivity contribution in [3.63, 3.8) is 0 Å². The number of thioether (sulfide) groups is 1. The van der Waals surface area contributed by atoms with Crippen molar-refractivity contribution >= 4 is 21.9 Å². The summed E-state index contributed by atoms with van der Waals surface area (Å²) in [5.41, 5.74) is 0. The van der Waals surface area contributed by atoms with Crippen LogP contribution in [0.2, 0.25) is 0 Å². The van der Waals surface area contributed by atoms with Crippen LogP contribution in [0.1, 0.15) is 12.8 Å². The molecule has 1 atom stereocenters. The Hall–Kier alpha value is 0.180. The second-order valence-electron chi connectivity index (χ2n) is 3.25. The van der Waals surface area contributed by atoms with E-state index in [1.807, 2.05) is 6.26 Å². The second kappa shape index (κ2) is 8.35. The first-order valence-electron chi connectivity index (χ1n) is 4.78. The van der Waals surface area contributed by atoms with E-state index in [2.05, 4.69) is 5.32 Å². The van der Waals surface area contributed by atoms with E-state index in [9.17, 15) is 8.42 Å². The van der Waals surface area contributed by atoms with Gasteiger partial charge in [0.15, 0.2) is 0 Å². The van der Waals surface area contributed by atoms with E-state index in [0.29, 0.717) is 13.0 Å². The van der Waals surface area contributed by atoms with Crippen molar-refractivity contribution < 1.29 is 18.1 Å². The Bertz CT molecular complexity index is 243. The number of nitrogens with one attached hydrogen (secondary N) is 1. The normalized spacial score (nSPS) is 14.1. The summed E-state index contributed by atoms with van der Waals surface area (Å²) in [5, 5.41) is 12.0. The highest BCUT2D eigenvalue weighted by atomic mass is 32.2. The van der Waals surface area contributed by atoms with Gasteiger partial charge in [0.25, 0.3) is 10.1 Å². The third kappa shape index (κ3) is 10.5. The molecular weight excluding hydrogens is 238 g/mol. The van der Waals surface area contributed by atoms with Gasteiger partial charge in [0.2, 0.25) is 0 Å². The molecule has 0 fully saturated rings. The third-order valence-electron chi connectivity index (χ3n) is 1.90. The minimum Gasteiger partial charge on any atom is -0.395 e. The summed E-state index contributed by atoms with van der Waals surface area (Å²) in [6.45, 7) is 0.534. The van der Waals surface area contributed by atoms with Gasteiger partial charge in [-0.1, -0.05) is 0 Å². The largest absolute Gasteiger partial charge is 0.395 e. The van der Waals surface area contributed by atoms with Crippen LogP contribution in [-0.4, -0.2) is 55.0 Å². The summed E-state index contributed by atoms with van der Waals surface area (Å²) in [5.74, 6) is 0.719. The van der Waals surface area contributed by atoms with Gasteiger partial charge in [-0.3, -0.25) is 4.55 Å². The summed E-state index contributed by atoms with van der Waals surface area (Å²) in [6.07, 6.45) is 3.20. The van der Waals surface area contributed by atoms with Crippen LogP contribution in [0.15, 0.2) is 0 Å². The Kier molecular flexibility index (Phi) is 8.45. The Morgan fingerprint density at radius 1 is 1.47 bits per heavy atom. The van der Waals surface area contributed by atoms with Crippen LogP contribution >= 0.6 is 11.8 Å². The first-order chi connectivity index (χ1) is 6.99. The summed E-state index contributed by atoms with van der Waals surface area (Å²) in [4.78, 5) is 0. The molecule has 0 aliphatic heterocycles. The maximum Gasteiger partial charge on any atom is 0.264 e. The topological polar surface area (TPSA) is 86.6 Å². The van der Waals surface area contributed by atoms with Gasteiger partial charge >= 0.3 is 0 Å². The molecule has 0 radical (unpaired) electrons. The van der Waals surface area contributed by atoms with Crippen LogP contribution in [0, 0.1) is 0 Å². The molecule has 0 heterocycles. The zero-order valence-electron chi connectivity index (χ0n) is 8.85. The zero-order valence-corrected chi connectivity index (χ0v) is 10.5. The molecule has 92 valence electrons. The van der Waals surface area contributed by atoms with E-state index >= 15 is 0 Å². The smallest absolute Gasteiger partial charge is 0.264 e. The molecule has 0 saturated carbocycles. The lowest BCUT2D eigenvalue weighted by atomic mass is 10.2. The Morgan fingerprint density at radius 2 is 2.13 bits per heavy atom. The molecule has 0 bridgehead atoms. The van der Waals surface area contributed by atoms with Gasteiger partial charge in [-0.25, -0.2) is 0 Å². The van der Waals surface area contributed by atoms with Crippen molar-refractivity contribution in [2.45, 2.75) is 18.9 Å². The van der Waals surface area contributed by atoms with E-state index in [0.717, 1.165) is 12.2 Å². The van der Waals surface area contributed by atoms with E-state index in [4.69, 9.17) is 9.66 Å². The Morgan fingerprint density at radius 3 is 2.60 bits per heavy atom. The SMILES string of the molecule is CSCC[C@H](CO)NCCCS(=O)(=O)O. The minimum absolute atomic E-state index is 0.0128. The van der Waals surface area contributed by atoms with Crippen molar-refractivity contribution in [2.75, 3.05) is 30.9 Å². The molecule has 15 heavy (non-hydrogen) atoms. The fourth-order valence-corrected chi connectivity index (χ4v) is 2.11. The second-order valence-corrected chi connectivity index (χ2v) is 5.81. The van der Waals surface area contributed by atoms with Crippen molar-refractivity contribution in [2.24, 2.45) is 0 Å². The van der Waals surface area contributed by atoms with Gasteiger partial charge in [0.1, 0.15) is 0 Å². The Balaban J connectivity index is 3.54. The van der Waals surface area contributed by atoms with Crippen LogP contribution in [-0.2, 0) is 10.1 Å². The number of hydrogen-bond donors (Lipinski definition) is 3. The summed E-state index contributed by atoms with van der Waals surface area (Å²) < 4.78 is 29.3. The lowest BCUT2D eigenvalue weighted by molar-refractivity contribution is 0.240. The molecule has 0 aliphatic carbocycles. The molecule has 5 nitrogen and oxygen atoms in total. The quantitative estimate of drug-likeness (QED) is 0.397. The maximum absolute atomic E-state index is 10.4. The molecule has 0 aromatic carbocycles. The van der Waals surface area contributed by atoms with Gasteiger partial charge < -0.3 is 10.4 Å². The molecular formula is C8H19NO4S2. The van der Waals surface area contributed by atoms with Crippen LogP contribution in [0.25, 0.3) is 0 Å². The number of aliphatic hydroxyl groups excluding tert-OH is 1. The number of hydrogen-bond acceptors (Lipinski definition) is 5. The number of aliphatic hydroxyl groups is 1. The molecule has 0 amide bonds. The van der Waals surface area contributed by atoms with Gasteiger partial charge in [-0.05, 0) is 31.4 Å². The fourth-order valence-electron chi connectivity index (χ4n) is 1.08. The third-order valence-corrected chi connectivity index (χ3v) is 3.35. The van der Waals surface area contributed by atoms with Gasteiger partial charge in [0, 0.05) is 6.04 Å². The van der Waals surface area contributed by atoms with Crippen molar-refractivity contribution in [1.29, 1.82) is 0 Å². The number of rotatable bonds is 9. The average molecular weight is 257 g/mol.